The van der Waals surface area contributed by atoms with Crippen molar-refractivity contribution in [3.8, 4) is 0 Å². The van der Waals surface area contributed by atoms with Crippen LogP contribution in [0.3, 0.4) is 0 Å². The fourth-order valence-corrected chi connectivity index (χ4v) is 4.93. The van der Waals surface area contributed by atoms with E-state index in [1.54, 1.807) is 24.3 Å². The van der Waals surface area contributed by atoms with Crippen molar-refractivity contribution < 1.29 is 23.9 Å². The Labute approximate surface area is 181 Å². The van der Waals surface area contributed by atoms with Crippen LogP contribution in [0.4, 0.5) is 5.00 Å². The van der Waals surface area contributed by atoms with Gasteiger partial charge in [-0.25, -0.2) is 4.79 Å². The van der Waals surface area contributed by atoms with Gasteiger partial charge >= 0.3 is 11.9 Å². The second-order valence-corrected chi connectivity index (χ2v) is 8.19. The zero-order valence-corrected chi connectivity index (χ0v) is 17.9. The summed E-state index contributed by atoms with van der Waals surface area (Å²) in [7, 11) is 2.56. The van der Waals surface area contributed by atoms with Gasteiger partial charge in [0.1, 0.15) is 5.00 Å². The predicted octanol–water partition coefficient (Wildman–Crippen LogP) is 4.70. The Hall–Kier alpha value is -2.35. The van der Waals surface area contributed by atoms with E-state index >= 15 is 0 Å². The molecule has 1 aromatic heterocycles. The van der Waals surface area contributed by atoms with Crippen molar-refractivity contribution in [1.82, 2.24) is 0 Å². The van der Waals surface area contributed by atoms with Crippen LogP contribution in [0.5, 0.6) is 0 Å². The molecule has 0 aliphatic heterocycles. The molecular formula is C20H17Cl2NO5S. The summed E-state index contributed by atoms with van der Waals surface area (Å²) in [5.41, 5.74) is 1.40. The molecule has 0 bridgehead atoms. The average Bonchev–Trinajstić information content (AvgIpc) is 3.24. The third kappa shape index (κ3) is 4.47. The first-order valence-electron chi connectivity index (χ1n) is 8.61. The van der Waals surface area contributed by atoms with Crippen molar-refractivity contribution in [2.75, 3.05) is 19.5 Å². The number of esters is 2. The maximum absolute atomic E-state index is 12.4. The Kier molecular flexibility index (Phi) is 6.62. The molecule has 1 unspecified atom stereocenters. The number of thiophene rings is 1. The number of methoxy groups -OCH3 is 2. The quantitative estimate of drug-likeness (QED) is 0.524. The Balaban J connectivity index is 1.87. The third-order valence-electron chi connectivity index (χ3n) is 4.52. The molecule has 152 valence electrons. The highest BCUT2D eigenvalue weighted by Gasteiger charge is 2.38. The number of carbonyl (C=O) groups is 3. The number of aryl methyl sites for hydroxylation is 1. The second-order valence-electron chi connectivity index (χ2n) is 6.24. The van der Waals surface area contributed by atoms with Crippen LogP contribution in [0.1, 0.15) is 38.7 Å². The average molecular weight is 454 g/mol. The molecule has 0 saturated carbocycles. The first-order valence-corrected chi connectivity index (χ1v) is 10.2. The van der Waals surface area contributed by atoms with E-state index in [0.717, 1.165) is 4.88 Å². The number of halogens is 2. The molecule has 0 saturated heterocycles. The fourth-order valence-electron chi connectivity index (χ4n) is 3.19. The number of carbonyl (C=O) groups excluding carboxylic acids is 3. The topological polar surface area (TPSA) is 81.7 Å². The van der Waals surface area contributed by atoms with Crippen LogP contribution in [0.25, 0.3) is 6.08 Å². The maximum atomic E-state index is 12.4. The van der Waals surface area contributed by atoms with Gasteiger partial charge in [0.25, 0.3) is 0 Å². The number of hydrogen-bond donors (Lipinski definition) is 1. The molecule has 6 nitrogen and oxygen atoms in total. The van der Waals surface area contributed by atoms with Gasteiger partial charge in [-0.05, 0) is 42.2 Å². The molecule has 0 spiro atoms. The number of benzene rings is 1. The molecule has 3 rings (SSSR count). The van der Waals surface area contributed by atoms with Gasteiger partial charge < -0.3 is 14.8 Å². The number of amides is 1. The zero-order chi connectivity index (χ0) is 21.1. The maximum Gasteiger partial charge on any atom is 0.341 e. The van der Waals surface area contributed by atoms with Crippen molar-refractivity contribution >= 4 is 63.5 Å². The van der Waals surface area contributed by atoms with Gasteiger partial charge in [0.05, 0.1) is 25.7 Å². The largest absolute Gasteiger partial charge is 0.469 e. The molecule has 1 N–H and O–H groups in total. The number of rotatable bonds is 5. The van der Waals surface area contributed by atoms with E-state index in [1.807, 2.05) is 0 Å². The molecule has 1 heterocycles. The lowest BCUT2D eigenvalue weighted by Gasteiger charge is -2.11. The molecule has 1 aliphatic rings. The van der Waals surface area contributed by atoms with Gasteiger partial charge in [0.2, 0.25) is 5.91 Å². The lowest BCUT2D eigenvalue weighted by Crippen LogP contribution is -2.16. The van der Waals surface area contributed by atoms with E-state index in [9.17, 15) is 14.4 Å². The van der Waals surface area contributed by atoms with Gasteiger partial charge in [-0.3, -0.25) is 9.59 Å². The third-order valence-corrected chi connectivity index (χ3v) is 6.26. The number of ether oxygens (including phenoxy) is 2. The smallest absolute Gasteiger partial charge is 0.341 e. The molecule has 0 fully saturated rings. The molecule has 2 aromatic rings. The monoisotopic (exact) mass is 453 g/mol. The lowest BCUT2D eigenvalue weighted by molar-refractivity contribution is -0.142. The summed E-state index contributed by atoms with van der Waals surface area (Å²) in [6.45, 7) is 0. The van der Waals surface area contributed by atoms with Gasteiger partial charge in [-0.2, -0.15) is 0 Å². The first-order chi connectivity index (χ1) is 13.8. The summed E-state index contributed by atoms with van der Waals surface area (Å²) in [6, 6.07) is 4.93. The zero-order valence-electron chi connectivity index (χ0n) is 15.6. The SMILES string of the molecule is COC(=O)c1c(NC(=O)/C=C/c2ccc(Cl)cc2Cl)sc2c1C(C(=O)OC)CC2. The van der Waals surface area contributed by atoms with E-state index in [0.29, 0.717) is 39.0 Å². The highest BCUT2D eigenvalue weighted by atomic mass is 35.5. The predicted molar refractivity (Wildman–Crippen MR) is 113 cm³/mol. The molecular weight excluding hydrogens is 437 g/mol. The number of fused-ring (bicyclic) bond motifs is 1. The molecule has 0 radical (unpaired) electrons. The van der Waals surface area contributed by atoms with Gasteiger partial charge in [0.15, 0.2) is 0 Å². The van der Waals surface area contributed by atoms with E-state index in [-0.39, 0.29) is 5.56 Å². The fraction of sp³-hybridized carbons (Fsp3) is 0.250. The summed E-state index contributed by atoms with van der Waals surface area (Å²) in [5.74, 6) is -2.02. The van der Waals surface area contributed by atoms with Crippen molar-refractivity contribution in [3.63, 3.8) is 0 Å². The Morgan fingerprint density at radius 1 is 1.21 bits per heavy atom. The highest BCUT2D eigenvalue weighted by molar-refractivity contribution is 7.17. The number of anilines is 1. The van der Waals surface area contributed by atoms with E-state index in [1.165, 1.54) is 31.6 Å². The summed E-state index contributed by atoms with van der Waals surface area (Å²) in [4.78, 5) is 37.8. The standard InChI is InChI=1S/C20H17Cl2NO5S/c1-27-19(25)12-6-7-14-16(12)17(20(26)28-2)18(29-14)23-15(24)8-4-10-3-5-11(21)9-13(10)22/h3-5,8-9,12H,6-7H2,1-2H3,(H,23,24)/b8-4+. The number of nitrogens with one attached hydrogen (secondary N) is 1. The van der Waals surface area contributed by atoms with E-state index in [2.05, 4.69) is 5.32 Å². The van der Waals surface area contributed by atoms with Crippen molar-refractivity contribution in [1.29, 1.82) is 0 Å². The van der Waals surface area contributed by atoms with Crippen molar-refractivity contribution in [2.24, 2.45) is 0 Å². The van der Waals surface area contributed by atoms with Gasteiger partial charge in [-0.1, -0.05) is 29.3 Å². The molecule has 1 aromatic carbocycles. The van der Waals surface area contributed by atoms with Gasteiger partial charge in [-0.15, -0.1) is 11.3 Å². The first kappa shape index (κ1) is 21.4. The molecule has 1 amide bonds. The van der Waals surface area contributed by atoms with E-state index in [4.69, 9.17) is 32.7 Å². The van der Waals surface area contributed by atoms with Crippen LogP contribution >= 0.6 is 34.5 Å². The summed E-state index contributed by atoms with van der Waals surface area (Å²) < 4.78 is 9.73. The van der Waals surface area contributed by atoms with E-state index < -0.39 is 23.8 Å². The van der Waals surface area contributed by atoms with Crippen LogP contribution in [0.2, 0.25) is 10.0 Å². The molecule has 1 aliphatic carbocycles. The normalized spacial score (nSPS) is 15.2. The van der Waals surface area contributed by atoms with Crippen LogP contribution in [-0.2, 0) is 25.5 Å². The Morgan fingerprint density at radius 3 is 2.62 bits per heavy atom. The minimum absolute atomic E-state index is 0.201. The van der Waals surface area contributed by atoms with Crippen LogP contribution in [0.15, 0.2) is 24.3 Å². The lowest BCUT2D eigenvalue weighted by atomic mass is 9.99. The minimum atomic E-state index is -0.613. The van der Waals surface area contributed by atoms with Crippen molar-refractivity contribution in [3.05, 3.63) is 55.9 Å². The van der Waals surface area contributed by atoms with Crippen molar-refractivity contribution in [2.45, 2.75) is 18.8 Å². The molecule has 29 heavy (non-hydrogen) atoms. The Bertz CT molecular complexity index is 1010. The Morgan fingerprint density at radius 2 is 1.97 bits per heavy atom. The highest BCUT2D eigenvalue weighted by Crippen LogP contribution is 2.45. The summed E-state index contributed by atoms with van der Waals surface area (Å²) in [6.07, 6.45) is 4.03. The second kappa shape index (κ2) is 8.98. The van der Waals surface area contributed by atoms with Crippen LogP contribution in [0, 0.1) is 0 Å². The van der Waals surface area contributed by atoms with Crippen LogP contribution in [-0.4, -0.2) is 32.1 Å². The molecule has 1 atom stereocenters. The van der Waals surface area contributed by atoms with Crippen LogP contribution < -0.4 is 5.32 Å². The molecule has 9 heteroatoms. The minimum Gasteiger partial charge on any atom is -0.469 e. The summed E-state index contributed by atoms with van der Waals surface area (Å²) in [5, 5.41) is 3.95. The number of hydrogen-bond acceptors (Lipinski definition) is 6. The van der Waals surface area contributed by atoms with Gasteiger partial charge in [0, 0.05) is 21.0 Å². The summed E-state index contributed by atoms with van der Waals surface area (Å²) >= 11 is 13.2.